The lowest BCUT2D eigenvalue weighted by Crippen LogP contribution is -2.63. The fourth-order valence-electron chi connectivity index (χ4n) is 1.63. The monoisotopic (exact) mass is 393 g/mol. The number of ether oxygens (including phenoxy) is 1. The lowest BCUT2D eigenvalue weighted by atomic mass is 9.94. The molecule has 5 nitrogen and oxygen atoms in total. The van der Waals surface area contributed by atoms with Crippen molar-refractivity contribution in [1.29, 1.82) is 0 Å². The molecule has 0 saturated heterocycles. The Morgan fingerprint density at radius 3 is 2.00 bits per heavy atom. The number of carbonyl (C=O) groups is 1. The van der Waals surface area contributed by atoms with Crippen LogP contribution in [0.5, 0.6) is 0 Å². The van der Waals surface area contributed by atoms with Crippen LogP contribution in [0, 0.1) is 5.82 Å². The van der Waals surface area contributed by atoms with Gasteiger partial charge in [0.1, 0.15) is 13.7 Å². The van der Waals surface area contributed by atoms with Crippen LogP contribution in [0.3, 0.4) is 0 Å². The summed E-state index contributed by atoms with van der Waals surface area (Å²) in [6, 6.07) is 1.68. The first-order chi connectivity index (χ1) is 11.0. The molecule has 0 aliphatic carbocycles. The Labute approximate surface area is 136 Å². The first kappa shape index (κ1) is 21.2. The van der Waals surface area contributed by atoms with Crippen molar-refractivity contribution in [2.75, 3.05) is 5.75 Å². The van der Waals surface area contributed by atoms with Gasteiger partial charge in [0, 0.05) is 0 Å². The smallest absolute Gasteiger partial charge is 0.438 e. The molecule has 0 aromatic heterocycles. The van der Waals surface area contributed by atoms with Gasteiger partial charge in [-0.25, -0.2) is 17.6 Å². The molecule has 0 aliphatic heterocycles. The lowest BCUT2D eigenvalue weighted by molar-refractivity contribution is -0.356. The molecule has 0 fully saturated rings. The summed E-state index contributed by atoms with van der Waals surface area (Å²) in [5.74, 6) is -7.27. The molecule has 0 heterocycles. The average Bonchev–Trinajstić information content (AvgIpc) is 2.36. The Kier molecular flexibility index (Phi) is 5.50. The number of alkyl halides is 6. The highest BCUT2D eigenvalue weighted by Crippen LogP contribution is 2.47. The van der Waals surface area contributed by atoms with Crippen LogP contribution in [-0.2, 0) is 14.9 Å². The largest absolute Gasteiger partial charge is 0.748 e. The normalized spacial score (nSPS) is 13.6. The zero-order valence-corrected chi connectivity index (χ0v) is 12.4. The molecule has 0 N–H and O–H groups in total. The van der Waals surface area contributed by atoms with Crippen molar-refractivity contribution in [3.8, 4) is 0 Å². The topological polar surface area (TPSA) is 83.5 Å². The van der Waals surface area contributed by atoms with E-state index in [1.165, 1.54) is 0 Å². The van der Waals surface area contributed by atoms with Gasteiger partial charge in [-0.15, -0.1) is 0 Å². The van der Waals surface area contributed by atoms with Crippen LogP contribution >= 0.6 is 0 Å². The third-order valence-electron chi connectivity index (χ3n) is 2.77. The molecule has 0 bridgehead atoms. The summed E-state index contributed by atoms with van der Waals surface area (Å²) in [4.78, 5) is 11.6. The number of carbonyl (C=O) groups excluding carboxylic acids is 1. The van der Waals surface area contributed by atoms with E-state index in [2.05, 4.69) is 4.74 Å². The summed E-state index contributed by atoms with van der Waals surface area (Å²) < 4.78 is 126. The van der Waals surface area contributed by atoms with E-state index in [9.17, 15) is 48.5 Å². The molecule has 0 atom stereocenters. The lowest BCUT2D eigenvalue weighted by Gasteiger charge is -2.36. The summed E-state index contributed by atoms with van der Waals surface area (Å²) in [6.45, 7) is 0. The van der Waals surface area contributed by atoms with Crippen molar-refractivity contribution in [2.24, 2.45) is 0 Å². The molecule has 0 amide bonds. The molecule has 0 saturated carbocycles. The third-order valence-corrected chi connectivity index (χ3v) is 3.53. The SMILES string of the molecule is [B]c1ccc(F)c(C(=O)OC(CS(=O)(=O)[O-])(C(F)(F)F)C(F)(F)F)c1. The summed E-state index contributed by atoms with van der Waals surface area (Å²) in [5, 5.41) is 0. The highest BCUT2D eigenvalue weighted by molar-refractivity contribution is 7.85. The van der Waals surface area contributed by atoms with Gasteiger partial charge in [-0.3, -0.25) is 0 Å². The Hall–Kier alpha value is -1.83. The Morgan fingerprint density at radius 1 is 1.12 bits per heavy atom. The maximum Gasteiger partial charge on any atom is 0.438 e. The van der Waals surface area contributed by atoms with Gasteiger partial charge in [0.15, 0.2) is 0 Å². The van der Waals surface area contributed by atoms with E-state index in [0.717, 1.165) is 6.07 Å². The van der Waals surface area contributed by atoms with Gasteiger partial charge in [0.05, 0.1) is 21.4 Å². The molecule has 0 spiro atoms. The second-order valence-corrected chi connectivity index (χ2v) is 6.06. The number of benzene rings is 1. The van der Waals surface area contributed by atoms with Crippen LogP contribution < -0.4 is 5.46 Å². The molecule has 138 valence electrons. The molecule has 2 radical (unpaired) electrons. The zero-order valence-electron chi connectivity index (χ0n) is 11.6. The highest BCUT2D eigenvalue weighted by atomic mass is 32.2. The number of hydrogen-bond acceptors (Lipinski definition) is 5. The molecular weight excluding hydrogens is 388 g/mol. The second-order valence-electron chi connectivity index (χ2n) is 4.65. The fourth-order valence-corrected chi connectivity index (χ4v) is 2.52. The molecule has 1 aromatic rings. The minimum Gasteiger partial charge on any atom is -0.748 e. The first-order valence-electron chi connectivity index (χ1n) is 5.85. The third kappa shape index (κ3) is 4.63. The minimum atomic E-state index is -6.55. The van der Waals surface area contributed by atoms with Gasteiger partial charge in [-0.2, -0.15) is 26.3 Å². The van der Waals surface area contributed by atoms with Gasteiger partial charge in [0.25, 0.3) is 0 Å². The quantitative estimate of drug-likeness (QED) is 0.332. The van der Waals surface area contributed by atoms with Gasteiger partial charge < -0.3 is 9.29 Å². The van der Waals surface area contributed by atoms with Crippen LogP contribution in [0.1, 0.15) is 10.4 Å². The van der Waals surface area contributed by atoms with Crippen LogP contribution in [0.25, 0.3) is 0 Å². The van der Waals surface area contributed by atoms with Crippen molar-refractivity contribution in [2.45, 2.75) is 18.0 Å². The van der Waals surface area contributed by atoms with Crippen molar-refractivity contribution < 1.29 is 53.2 Å². The Balaban J connectivity index is 3.53. The van der Waals surface area contributed by atoms with Gasteiger partial charge in [-0.1, -0.05) is 17.6 Å². The van der Waals surface area contributed by atoms with Crippen molar-refractivity contribution in [3.63, 3.8) is 0 Å². The van der Waals surface area contributed by atoms with E-state index < -0.39 is 56.6 Å². The molecule has 0 aliphatic rings. The molecule has 1 aromatic carbocycles. The van der Waals surface area contributed by atoms with Crippen LogP contribution in [0.15, 0.2) is 18.2 Å². The first-order valence-corrected chi connectivity index (χ1v) is 7.43. The minimum absolute atomic E-state index is 0.376. The summed E-state index contributed by atoms with van der Waals surface area (Å²) in [6.07, 6.45) is -13.1. The predicted octanol–water partition coefficient (Wildman–Crippen LogP) is 1.18. The summed E-state index contributed by atoms with van der Waals surface area (Å²) in [5.41, 5.74) is -7.51. The molecule has 14 heteroatoms. The van der Waals surface area contributed by atoms with Crippen molar-refractivity contribution >= 4 is 29.4 Å². The Morgan fingerprint density at radius 2 is 1.60 bits per heavy atom. The van der Waals surface area contributed by atoms with Crippen LogP contribution in [0.4, 0.5) is 30.7 Å². The number of rotatable bonds is 4. The van der Waals surface area contributed by atoms with Crippen LogP contribution in [0.2, 0.25) is 0 Å². The second kappa shape index (κ2) is 6.48. The van der Waals surface area contributed by atoms with Gasteiger partial charge in [0.2, 0.25) is 0 Å². The van der Waals surface area contributed by atoms with Gasteiger partial charge in [-0.05, 0) is 6.07 Å². The van der Waals surface area contributed by atoms with Crippen molar-refractivity contribution in [3.05, 3.63) is 29.6 Å². The van der Waals surface area contributed by atoms with Crippen LogP contribution in [-0.4, -0.2) is 50.5 Å². The number of esters is 1. The molecular formula is C11H5BF7O5S-. The number of halogens is 7. The van der Waals surface area contributed by atoms with E-state index in [1.54, 1.807) is 0 Å². The molecule has 0 unspecified atom stereocenters. The van der Waals surface area contributed by atoms with Crippen molar-refractivity contribution in [1.82, 2.24) is 0 Å². The maximum absolute atomic E-state index is 13.4. The number of hydrogen-bond donors (Lipinski definition) is 0. The summed E-state index contributed by atoms with van der Waals surface area (Å²) >= 11 is 0. The highest BCUT2D eigenvalue weighted by Gasteiger charge is 2.75. The van der Waals surface area contributed by atoms with E-state index in [1.807, 2.05) is 0 Å². The Bertz CT molecular complexity index is 758. The maximum atomic E-state index is 13.4. The van der Waals surface area contributed by atoms with E-state index in [0.29, 0.717) is 12.1 Å². The standard InChI is InChI=1S/C11H6BF7O5S/c12-5-1-2-7(13)6(3-5)8(20)24-9(10(14,15)16,11(17,18)19)4-25(21,22)23/h1-3H,4H2,(H,21,22,23)/p-1. The predicted molar refractivity (Wildman–Crippen MR) is 66.6 cm³/mol. The average molecular weight is 393 g/mol. The van der Waals surface area contributed by atoms with E-state index in [-0.39, 0.29) is 0 Å². The molecule has 1 rings (SSSR count). The van der Waals surface area contributed by atoms with Gasteiger partial charge >= 0.3 is 23.9 Å². The van der Waals surface area contributed by atoms with E-state index >= 15 is 0 Å². The van der Waals surface area contributed by atoms with E-state index in [4.69, 9.17) is 7.85 Å². The summed E-state index contributed by atoms with van der Waals surface area (Å²) in [7, 11) is -1.04. The fraction of sp³-hybridized carbons (Fsp3) is 0.364. The zero-order chi connectivity index (χ0) is 19.8. The molecule has 25 heavy (non-hydrogen) atoms.